The van der Waals surface area contributed by atoms with Gasteiger partial charge in [-0.1, -0.05) is 44.2 Å². The van der Waals surface area contributed by atoms with Crippen LogP contribution < -0.4 is 10.1 Å². The van der Waals surface area contributed by atoms with Crippen molar-refractivity contribution in [3.63, 3.8) is 0 Å². The summed E-state index contributed by atoms with van der Waals surface area (Å²) in [5.74, 6) is 1.54. The molecule has 0 spiro atoms. The maximum absolute atomic E-state index is 12.0. The number of amides is 1. The predicted octanol–water partition coefficient (Wildman–Crippen LogP) is 5.36. The van der Waals surface area contributed by atoms with Crippen molar-refractivity contribution in [3.8, 4) is 5.75 Å². The largest absolute Gasteiger partial charge is 0.489 e. The Labute approximate surface area is 150 Å². The van der Waals surface area contributed by atoms with E-state index < -0.39 is 0 Å². The van der Waals surface area contributed by atoms with Crippen LogP contribution in [0.1, 0.15) is 61.3 Å². The summed E-state index contributed by atoms with van der Waals surface area (Å²) in [6.07, 6.45) is 3.92. The molecule has 0 radical (unpaired) electrons. The molecule has 0 heterocycles. The van der Waals surface area contributed by atoms with E-state index in [4.69, 9.17) is 4.74 Å². The molecule has 0 atom stereocenters. The first kappa shape index (κ1) is 17.5. The third kappa shape index (κ3) is 4.22. The molecule has 0 unspecified atom stereocenters. The van der Waals surface area contributed by atoms with Crippen LogP contribution in [0, 0.1) is 6.92 Å². The summed E-state index contributed by atoms with van der Waals surface area (Å²) in [4.78, 5) is 12.0. The molecule has 1 N–H and O–H groups in total. The number of carbonyl (C=O) groups is 1. The first-order chi connectivity index (χ1) is 12.1. The lowest BCUT2D eigenvalue weighted by Gasteiger charge is -2.17. The maximum atomic E-state index is 12.0. The monoisotopic (exact) mass is 337 g/mol. The summed E-state index contributed by atoms with van der Waals surface area (Å²) < 4.78 is 6.08. The second-order valence-corrected chi connectivity index (χ2v) is 6.80. The average molecular weight is 337 g/mol. The molecule has 1 aliphatic carbocycles. The highest BCUT2D eigenvalue weighted by atomic mass is 16.5. The van der Waals surface area contributed by atoms with Crippen molar-refractivity contribution in [1.29, 1.82) is 0 Å². The standard InChI is InChI=1S/C22H27NO2/c1-4-16-9-12-20(15(3)13-16)25-14-18-7-6-8-19(17-10-11-17)22(18)23-21(24)5-2/h6-9,12-13,17H,4-5,10-11,14H2,1-3H3,(H,23,24). The summed E-state index contributed by atoms with van der Waals surface area (Å²) in [6, 6.07) is 12.6. The first-order valence-electron chi connectivity index (χ1n) is 9.26. The van der Waals surface area contributed by atoms with Crippen molar-refractivity contribution >= 4 is 11.6 Å². The summed E-state index contributed by atoms with van der Waals surface area (Å²) in [5, 5.41) is 3.10. The summed E-state index contributed by atoms with van der Waals surface area (Å²) in [7, 11) is 0. The molecule has 0 aliphatic heterocycles. The van der Waals surface area contributed by atoms with Crippen molar-refractivity contribution in [2.45, 2.75) is 59.0 Å². The lowest BCUT2D eigenvalue weighted by atomic mass is 10.0. The van der Waals surface area contributed by atoms with E-state index in [1.807, 2.05) is 19.1 Å². The molecular weight excluding hydrogens is 310 g/mol. The van der Waals surface area contributed by atoms with Crippen LogP contribution in [0.2, 0.25) is 0 Å². The van der Waals surface area contributed by atoms with E-state index in [2.05, 4.69) is 43.4 Å². The van der Waals surface area contributed by atoms with Gasteiger partial charge in [-0.15, -0.1) is 0 Å². The average Bonchev–Trinajstić information content (AvgIpc) is 3.46. The number of nitrogens with one attached hydrogen (secondary N) is 1. The smallest absolute Gasteiger partial charge is 0.224 e. The van der Waals surface area contributed by atoms with Crippen molar-refractivity contribution in [2.75, 3.05) is 5.32 Å². The predicted molar refractivity (Wildman–Crippen MR) is 102 cm³/mol. The second-order valence-electron chi connectivity index (χ2n) is 6.80. The van der Waals surface area contributed by atoms with Gasteiger partial charge in [0.2, 0.25) is 5.91 Å². The topological polar surface area (TPSA) is 38.3 Å². The van der Waals surface area contributed by atoms with Crippen molar-refractivity contribution in [3.05, 3.63) is 58.7 Å². The minimum absolute atomic E-state index is 0.0535. The van der Waals surface area contributed by atoms with Gasteiger partial charge in [0.15, 0.2) is 0 Å². The molecule has 1 aliphatic rings. The molecule has 132 valence electrons. The van der Waals surface area contributed by atoms with Crippen LogP contribution in [0.3, 0.4) is 0 Å². The van der Waals surface area contributed by atoms with Crippen LogP contribution in [0.25, 0.3) is 0 Å². The fourth-order valence-corrected chi connectivity index (χ4v) is 3.10. The zero-order chi connectivity index (χ0) is 17.8. The zero-order valence-electron chi connectivity index (χ0n) is 15.4. The number of aryl methyl sites for hydroxylation is 2. The molecule has 25 heavy (non-hydrogen) atoms. The minimum atomic E-state index is 0.0535. The van der Waals surface area contributed by atoms with Gasteiger partial charge in [0.1, 0.15) is 12.4 Å². The molecule has 1 saturated carbocycles. The lowest BCUT2D eigenvalue weighted by molar-refractivity contribution is -0.115. The Morgan fingerprint density at radius 3 is 2.64 bits per heavy atom. The van der Waals surface area contributed by atoms with E-state index >= 15 is 0 Å². The molecule has 2 aromatic carbocycles. The Balaban J connectivity index is 1.81. The van der Waals surface area contributed by atoms with Gasteiger partial charge in [0.05, 0.1) is 5.69 Å². The molecular formula is C22H27NO2. The van der Waals surface area contributed by atoms with Crippen LogP contribution in [0.5, 0.6) is 5.75 Å². The number of hydrogen-bond acceptors (Lipinski definition) is 2. The minimum Gasteiger partial charge on any atom is -0.489 e. The second kappa shape index (κ2) is 7.73. The zero-order valence-corrected chi connectivity index (χ0v) is 15.4. The number of hydrogen-bond donors (Lipinski definition) is 1. The fourth-order valence-electron chi connectivity index (χ4n) is 3.10. The molecule has 3 rings (SSSR count). The van der Waals surface area contributed by atoms with Crippen LogP contribution >= 0.6 is 0 Å². The summed E-state index contributed by atoms with van der Waals surface area (Å²) in [5.41, 5.74) is 5.72. The Morgan fingerprint density at radius 1 is 1.20 bits per heavy atom. The van der Waals surface area contributed by atoms with E-state index in [-0.39, 0.29) is 5.91 Å². The first-order valence-corrected chi connectivity index (χ1v) is 9.26. The quantitative estimate of drug-likeness (QED) is 0.738. The van der Waals surface area contributed by atoms with Gasteiger partial charge < -0.3 is 10.1 Å². The normalized spacial score (nSPS) is 13.6. The van der Waals surface area contributed by atoms with Crippen molar-refractivity contribution < 1.29 is 9.53 Å². The van der Waals surface area contributed by atoms with E-state index in [1.54, 1.807) is 0 Å². The highest BCUT2D eigenvalue weighted by molar-refractivity contribution is 5.92. The molecule has 0 aromatic heterocycles. The Hall–Kier alpha value is -2.29. The van der Waals surface area contributed by atoms with Crippen LogP contribution in [0.4, 0.5) is 5.69 Å². The van der Waals surface area contributed by atoms with E-state index in [0.717, 1.165) is 29.0 Å². The van der Waals surface area contributed by atoms with Gasteiger partial charge in [0, 0.05) is 12.0 Å². The van der Waals surface area contributed by atoms with E-state index in [9.17, 15) is 4.79 Å². The van der Waals surface area contributed by atoms with Gasteiger partial charge in [0.25, 0.3) is 0 Å². The fraction of sp³-hybridized carbons (Fsp3) is 0.409. The number of para-hydroxylation sites is 1. The molecule has 0 saturated heterocycles. The summed E-state index contributed by atoms with van der Waals surface area (Å²) >= 11 is 0. The molecule has 2 aromatic rings. The lowest BCUT2D eigenvalue weighted by Crippen LogP contribution is -2.14. The number of anilines is 1. The van der Waals surface area contributed by atoms with E-state index in [0.29, 0.717) is 18.9 Å². The van der Waals surface area contributed by atoms with Gasteiger partial charge in [-0.3, -0.25) is 4.79 Å². The highest BCUT2D eigenvalue weighted by Gasteiger charge is 2.27. The van der Waals surface area contributed by atoms with Gasteiger partial charge in [-0.05, 0) is 54.9 Å². The molecule has 1 amide bonds. The third-order valence-corrected chi connectivity index (χ3v) is 4.82. The number of ether oxygens (including phenoxy) is 1. The Kier molecular flexibility index (Phi) is 5.42. The molecule has 3 nitrogen and oxygen atoms in total. The number of rotatable bonds is 7. The van der Waals surface area contributed by atoms with Gasteiger partial charge in [-0.25, -0.2) is 0 Å². The van der Waals surface area contributed by atoms with Crippen molar-refractivity contribution in [1.82, 2.24) is 0 Å². The molecule has 3 heteroatoms. The van der Waals surface area contributed by atoms with Gasteiger partial charge in [-0.2, -0.15) is 0 Å². The van der Waals surface area contributed by atoms with Crippen LogP contribution in [0.15, 0.2) is 36.4 Å². The van der Waals surface area contributed by atoms with Crippen LogP contribution in [-0.4, -0.2) is 5.91 Å². The van der Waals surface area contributed by atoms with Crippen molar-refractivity contribution in [2.24, 2.45) is 0 Å². The van der Waals surface area contributed by atoms with E-state index in [1.165, 1.54) is 24.0 Å². The number of benzene rings is 2. The number of carbonyl (C=O) groups excluding carboxylic acids is 1. The Morgan fingerprint density at radius 2 is 2.00 bits per heavy atom. The Bertz CT molecular complexity index is 763. The SMILES string of the molecule is CCC(=O)Nc1c(COc2ccc(CC)cc2C)cccc1C1CC1. The van der Waals surface area contributed by atoms with Crippen LogP contribution in [-0.2, 0) is 17.8 Å². The molecule has 0 bridgehead atoms. The maximum Gasteiger partial charge on any atom is 0.224 e. The third-order valence-electron chi connectivity index (χ3n) is 4.82. The summed E-state index contributed by atoms with van der Waals surface area (Å²) in [6.45, 7) is 6.58. The van der Waals surface area contributed by atoms with Gasteiger partial charge >= 0.3 is 0 Å². The molecule has 1 fully saturated rings. The highest BCUT2D eigenvalue weighted by Crippen LogP contribution is 2.44.